The highest BCUT2D eigenvalue weighted by Gasteiger charge is 2.21. The van der Waals surface area contributed by atoms with Gasteiger partial charge in [0.25, 0.3) is 0 Å². The van der Waals surface area contributed by atoms with E-state index in [1.165, 1.54) is 48.9 Å². The number of pyridine rings is 1. The van der Waals surface area contributed by atoms with E-state index in [-0.39, 0.29) is 0 Å². The van der Waals surface area contributed by atoms with Crippen LogP contribution >= 0.6 is 0 Å². The van der Waals surface area contributed by atoms with Crippen LogP contribution in [0.4, 0.5) is 5.82 Å². The van der Waals surface area contributed by atoms with Crippen LogP contribution in [0.5, 0.6) is 11.5 Å². The van der Waals surface area contributed by atoms with E-state index >= 15 is 0 Å². The summed E-state index contributed by atoms with van der Waals surface area (Å²) in [5, 5.41) is 4.65. The molecular weight excluding hydrogens is 366 g/mol. The van der Waals surface area contributed by atoms with E-state index in [1.807, 2.05) is 6.07 Å². The molecule has 0 radical (unpaired) electrons. The van der Waals surface area contributed by atoms with Gasteiger partial charge in [-0.1, -0.05) is 0 Å². The van der Waals surface area contributed by atoms with Gasteiger partial charge in [0.1, 0.15) is 5.82 Å². The zero-order valence-electron chi connectivity index (χ0n) is 17.8. The number of likely N-dealkylation sites (tertiary alicyclic amines) is 1. The van der Waals surface area contributed by atoms with Gasteiger partial charge >= 0.3 is 0 Å². The van der Waals surface area contributed by atoms with Gasteiger partial charge in [0.2, 0.25) is 0 Å². The molecule has 158 valence electrons. The lowest BCUT2D eigenvalue weighted by molar-refractivity contribution is 0.210. The molecular formula is C23H33N3O3. The van der Waals surface area contributed by atoms with Gasteiger partial charge in [-0.15, -0.1) is 0 Å². The zero-order valence-corrected chi connectivity index (χ0v) is 17.8. The minimum Gasteiger partial charge on any atom is -0.493 e. The minimum atomic E-state index is 0.669. The van der Waals surface area contributed by atoms with Crippen LogP contribution in [0.25, 0.3) is 10.9 Å². The van der Waals surface area contributed by atoms with Gasteiger partial charge in [0, 0.05) is 31.7 Å². The quantitative estimate of drug-likeness (QED) is 0.616. The Hall–Kier alpha value is -2.05. The van der Waals surface area contributed by atoms with Crippen molar-refractivity contribution < 1.29 is 14.2 Å². The van der Waals surface area contributed by atoms with Gasteiger partial charge in [-0.05, 0) is 68.8 Å². The predicted octanol–water partition coefficient (Wildman–Crippen LogP) is 3.66. The largest absolute Gasteiger partial charge is 0.493 e. The summed E-state index contributed by atoms with van der Waals surface area (Å²) in [5.74, 6) is 2.58. The molecule has 4 rings (SSSR count). The van der Waals surface area contributed by atoms with Crippen LogP contribution in [0.2, 0.25) is 0 Å². The maximum Gasteiger partial charge on any atom is 0.163 e. The van der Waals surface area contributed by atoms with Crippen LogP contribution in [0.1, 0.15) is 36.8 Å². The maximum absolute atomic E-state index is 6.12. The molecule has 6 heteroatoms. The average molecular weight is 400 g/mol. The molecule has 1 aliphatic carbocycles. The smallest absolute Gasteiger partial charge is 0.163 e. The number of aromatic nitrogens is 1. The van der Waals surface area contributed by atoms with Crippen molar-refractivity contribution in [2.75, 3.05) is 58.9 Å². The van der Waals surface area contributed by atoms with Crippen molar-refractivity contribution in [3.8, 4) is 11.5 Å². The van der Waals surface area contributed by atoms with Crippen LogP contribution in [0, 0.1) is 0 Å². The summed E-state index contributed by atoms with van der Waals surface area (Å²) < 4.78 is 17.0. The predicted molar refractivity (Wildman–Crippen MR) is 116 cm³/mol. The average Bonchev–Trinajstić information content (AvgIpc) is 3.43. The summed E-state index contributed by atoms with van der Waals surface area (Å²) in [6, 6.07) is 4.16. The van der Waals surface area contributed by atoms with Crippen molar-refractivity contribution in [2.45, 2.75) is 38.5 Å². The number of aryl methyl sites for hydroxylation is 1. The lowest BCUT2D eigenvalue weighted by Gasteiger charge is -2.17. The third kappa shape index (κ3) is 4.59. The molecule has 2 heterocycles. The first-order chi connectivity index (χ1) is 14.3. The molecule has 1 aliphatic heterocycles. The Bertz CT molecular complexity index is 834. The Labute approximate surface area is 173 Å². The fourth-order valence-corrected chi connectivity index (χ4v) is 4.54. The number of nitrogens with one attached hydrogen (secondary N) is 1. The minimum absolute atomic E-state index is 0.669. The Morgan fingerprint density at radius 2 is 1.83 bits per heavy atom. The lowest BCUT2D eigenvalue weighted by atomic mass is 10.0. The second kappa shape index (κ2) is 9.63. The molecule has 0 atom stereocenters. The number of nitrogens with zero attached hydrogens (tertiary/aromatic N) is 2. The third-order valence-corrected chi connectivity index (χ3v) is 6.02. The zero-order chi connectivity index (χ0) is 20.1. The van der Waals surface area contributed by atoms with Crippen LogP contribution in [-0.4, -0.2) is 63.5 Å². The molecule has 0 unspecified atom stereocenters. The van der Waals surface area contributed by atoms with Gasteiger partial charge in [-0.2, -0.15) is 0 Å². The first kappa shape index (κ1) is 20.2. The molecule has 1 aromatic heterocycles. The molecule has 1 fully saturated rings. The van der Waals surface area contributed by atoms with E-state index in [1.54, 1.807) is 14.2 Å². The normalized spacial score (nSPS) is 16.3. The standard InChI is InChI=1S/C23H33N3O3/c1-27-14-9-24-23-18-8-5-7-17(18)19-15-21(28-2)22(16-20(19)25-23)29-13-6-12-26-10-3-4-11-26/h15-16H,3-14H2,1-2H3,(H,24,25). The molecule has 0 bridgehead atoms. The second-order valence-corrected chi connectivity index (χ2v) is 7.96. The third-order valence-electron chi connectivity index (χ3n) is 6.02. The molecule has 6 nitrogen and oxygen atoms in total. The van der Waals surface area contributed by atoms with E-state index < -0.39 is 0 Å². The molecule has 29 heavy (non-hydrogen) atoms. The van der Waals surface area contributed by atoms with Crippen molar-refractivity contribution in [2.24, 2.45) is 0 Å². The molecule has 1 N–H and O–H groups in total. The van der Waals surface area contributed by atoms with Crippen LogP contribution in [0.15, 0.2) is 12.1 Å². The second-order valence-electron chi connectivity index (χ2n) is 7.96. The summed E-state index contributed by atoms with van der Waals surface area (Å²) >= 11 is 0. The van der Waals surface area contributed by atoms with Crippen LogP contribution < -0.4 is 14.8 Å². The molecule has 1 saturated heterocycles. The van der Waals surface area contributed by atoms with Crippen LogP contribution in [-0.2, 0) is 17.6 Å². The number of benzene rings is 1. The van der Waals surface area contributed by atoms with Crippen molar-refractivity contribution in [1.82, 2.24) is 9.88 Å². The lowest BCUT2D eigenvalue weighted by Crippen LogP contribution is -2.21. The highest BCUT2D eigenvalue weighted by atomic mass is 16.5. The summed E-state index contributed by atoms with van der Waals surface area (Å²) in [5.41, 5.74) is 3.71. The summed E-state index contributed by atoms with van der Waals surface area (Å²) in [7, 11) is 3.44. The highest BCUT2D eigenvalue weighted by Crippen LogP contribution is 2.39. The van der Waals surface area contributed by atoms with Gasteiger partial charge < -0.3 is 24.4 Å². The summed E-state index contributed by atoms with van der Waals surface area (Å²) in [4.78, 5) is 7.45. The monoisotopic (exact) mass is 399 g/mol. The van der Waals surface area contributed by atoms with Gasteiger partial charge in [-0.3, -0.25) is 0 Å². The Morgan fingerprint density at radius 3 is 2.62 bits per heavy atom. The van der Waals surface area contributed by atoms with E-state index in [2.05, 4.69) is 16.3 Å². The number of fused-ring (bicyclic) bond motifs is 3. The number of methoxy groups -OCH3 is 2. The summed E-state index contributed by atoms with van der Waals surface area (Å²) in [6.45, 7) is 5.69. The first-order valence-electron chi connectivity index (χ1n) is 10.9. The SMILES string of the molecule is COCCNc1nc2cc(OCCCN3CCCC3)c(OC)cc2c2c1CCC2. The Balaban J connectivity index is 1.53. The van der Waals surface area contributed by atoms with E-state index in [4.69, 9.17) is 19.2 Å². The Kier molecular flexibility index (Phi) is 6.72. The molecule has 0 saturated carbocycles. The van der Waals surface area contributed by atoms with Crippen molar-refractivity contribution >= 4 is 16.7 Å². The Morgan fingerprint density at radius 1 is 1.00 bits per heavy atom. The van der Waals surface area contributed by atoms with E-state index in [9.17, 15) is 0 Å². The molecule has 1 aromatic carbocycles. The fraction of sp³-hybridized carbons (Fsp3) is 0.609. The number of ether oxygens (including phenoxy) is 3. The van der Waals surface area contributed by atoms with Crippen LogP contribution in [0.3, 0.4) is 0 Å². The fourth-order valence-electron chi connectivity index (χ4n) is 4.54. The van der Waals surface area contributed by atoms with Gasteiger partial charge in [0.15, 0.2) is 11.5 Å². The number of rotatable bonds is 10. The number of hydrogen-bond donors (Lipinski definition) is 1. The van der Waals surface area contributed by atoms with E-state index in [0.29, 0.717) is 13.2 Å². The number of anilines is 1. The molecule has 0 spiro atoms. The first-order valence-corrected chi connectivity index (χ1v) is 10.9. The van der Waals surface area contributed by atoms with Crippen molar-refractivity contribution in [3.05, 3.63) is 23.3 Å². The van der Waals surface area contributed by atoms with Crippen molar-refractivity contribution in [3.63, 3.8) is 0 Å². The van der Waals surface area contributed by atoms with Crippen molar-refractivity contribution in [1.29, 1.82) is 0 Å². The number of hydrogen-bond acceptors (Lipinski definition) is 6. The summed E-state index contributed by atoms with van der Waals surface area (Å²) in [6.07, 6.45) is 7.03. The molecule has 2 aromatic rings. The topological polar surface area (TPSA) is 55.8 Å². The van der Waals surface area contributed by atoms with Gasteiger partial charge in [-0.25, -0.2) is 4.98 Å². The van der Waals surface area contributed by atoms with E-state index in [0.717, 1.165) is 55.2 Å². The molecule has 0 amide bonds. The highest BCUT2D eigenvalue weighted by molar-refractivity contribution is 5.89. The molecule has 2 aliphatic rings. The maximum atomic E-state index is 6.12. The van der Waals surface area contributed by atoms with Gasteiger partial charge in [0.05, 0.1) is 25.8 Å².